The lowest BCUT2D eigenvalue weighted by molar-refractivity contribution is -0.151. The number of carbonyl (C=O) groups is 3. The highest BCUT2D eigenvalue weighted by atomic mass is 32.2. The molecule has 1 amide bonds. The van der Waals surface area contributed by atoms with Gasteiger partial charge in [0, 0.05) is 19.4 Å². The number of rotatable bonds is 5. The van der Waals surface area contributed by atoms with Gasteiger partial charge in [-0.2, -0.15) is 0 Å². The molecule has 0 aromatic heterocycles. The fourth-order valence-electron chi connectivity index (χ4n) is 3.07. The van der Waals surface area contributed by atoms with E-state index in [9.17, 15) is 18.6 Å². The summed E-state index contributed by atoms with van der Waals surface area (Å²) in [6.45, 7) is 0.0372. The summed E-state index contributed by atoms with van der Waals surface area (Å²) >= 11 is 0. The third-order valence-corrected chi connectivity index (χ3v) is 6.16. The largest absolute Gasteiger partial charge is 0.542 e. The van der Waals surface area contributed by atoms with Crippen LogP contribution in [0.25, 0.3) is 0 Å². The molecule has 2 saturated heterocycles. The van der Waals surface area contributed by atoms with E-state index in [1.54, 1.807) is 0 Å². The van der Waals surface area contributed by atoms with Crippen LogP contribution in [0.4, 0.5) is 0 Å². The summed E-state index contributed by atoms with van der Waals surface area (Å²) in [7, 11) is 3.23. The molecule has 0 N–H and O–H groups in total. The van der Waals surface area contributed by atoms with Gasteiger partial charge in [-0.25, -0.2) is 0 Å². The standard InChI is InChI=1S/C15H14BNO5S/c16-22-15(20)12-8-17-13(19)11(14(17)23(12)21)7-10(18)6-9-4-2-1-3-5-9/h1-5,11-12,14H,6-8H2/t11-,12?,14-,23?/m1/s1. The van der Waals surface area contributed by atoms with Crippen LogP contribution >= 0.6 is 0 Å². The van der Waals surface area contributed by atoms with Crippen LogP contribution < -0.4 is 0 Å². The SMILES string of the molecule is [B]OC(=O)C1CN2C(=O)[C@@H](CC(=O)Cc3ccccc3)[C@H]2S1=O. The average molecular weight is 331 g/mol. The van der Waals surface area contributed by atoms with Crippen molar-refractivity contribution in [3.63, 3.8) is 0 Å². The first-order valence-corrected chi connectivity index (χ1v) is 8.46. The Kier molecular flexibility index (Phi) is 4.34. The van der Waals surface area contributed by atoms with Crippen LogP contribution in [0, 0.1) is 5.92 Å². The maximum atomic E-state index is 12.3. The van der Waals surface area contributed by atoms with E-state index in [4.69, 9.17) is 8.05 Å². The Morgan fingerprint density at radius 1 is 1.30 bits per heavy atom. The molecule has 2 aliphatic rings. The highest BCUT2D eigenvalue weighted by molar-refractivity contribution is 7.87. The second-order valence-corrected chi connectivity index (χ2v) is 7.36. The molecule has 118 valence electrons. The van der Waals surface area contributed by atoms with E-state index < -0.39 is 33.3 Å². The summed E-state index contributed by atoms with van der Waals surface area (Å²) in [4.78, 5) is 37.1. The predicted molar refractivity (Wildman–Crippen MR) is 82.5 cm³/mol. The first-order valence-electron chi connectivity index (χ1n) is 7.19. The number of amides is 1. The number of benzene rings is 1. The Bertz CT molecular complexity index is 680. The Balaban J connectivity index is 1.64. The molecule has 23 heavy (non-hydrogen) atoms. The van der Waals surface area contributed by atoms with Crippen molar-refractivity contribution >= 4 is 36.5 Å². The van der Waals surface area contributed by atoms with Crippen molar-refractivity contribution in [1.29, 1.82) is 0 Å². The third kappa shape index (κ3) is 2.83. The summed E-state index contributed by atoms with van der Waals surface area (Å²) in [6.07, 6.45) is 0.267. The van der Waals surface area contributed by atoms with Gasteiger partial charge in [-0.1, -0.05) is 30.3 Å². The van der Waals surface area contributed by atoms with Gasteiger partial charge in [-0.15, -0.1) is 0 Å². The van der Waals surface area contributed by atoms with Gasteiger partial charge in [0.15, 0.2) is 0 Å². The molecule has 1 aromatic carbocycles. The summed E-state index contributed by atoms with van der Waals surface area (Å²) in [5.41, 5.74) is 0.873. The zero-order valence-electron chi connectivity index (χ0n) is 12.2. The van der Waals surface area contributed by atoms with Crippen molar-refractivity contribution < 1.29 is 23.2 Å². The fourth-order valence-corrected chi connectivity index (χ4v) is 4.94. The molecule has 2 heterocycles. The number of nitrogens with zero attached hydrogens (tertiary/aromatic N) is 1. The number of ketones is 1. The van der Waals surface area contributed by atoms with Crippen molar-refractivity contribution in [2.75, 3.05) is 6.54 Å². The summed E-state index contributed by atoms with van der Waals surface area (Å²) < 4.78 is 16.4. The molecular formula is C15H14BNO5S. The molecule has 0 spiro atoms. The average Bonchev–Trinajstić information content (AvgIpc) is 2.86. The Morgan fingerprint density at radius 3 is 2.65 bits per heavy atom. The van der Waals surface area contributed by atoms with Crippen LogP contribution in [-0.2, 0) is 36.3 Å². The van der Waals surface area contributed by atoms with Crippen molar-refractivity contribution in [2.45, 2.75) is 23.5 Å². The topological polar surface area (TPSA) is 80.8 Å². The normalized spacial score (nSPS) is 28.9. The molecule has 0 bridgehead atoms. The van der Waals surface area contributed by atoms with Gasteiger partial charge in [0.05, 0.1) is 16.7 Å². The molecule has 4 atom stereocenters. The van der Waals surface area contributed by atoms with Gasteiger partial charge in [-0.3, -0.25) is 18.6 Å². The van der Waals surface area contributed by atoms with E-state index in [0.29, 0.717) is 0 Å². The molecule has 8 heteroatoms. The summed E-state index contributed by atoms with van der Waals surface area (Å²) in [5.74, 6) is -1.74. The number of Topliss-reactive ketones (excluding diaryl/α,β-unsaturated/α-hetero) is 1. The predicted octanol–water partition coefficient (Wildman–Crippen LogP) is -0.270. The van der Waals surface area contributed by atoms with Gasteiger partial charge in [0.2, 0.25) is 5.91 Å². The van der Waals surface area contributed by atoms with Gasteiger partial charge in [0.1, 0.15) is 16.4 Å². The van der Waals surface area contributed by atoms with Gasteiger partial charge in [-0.05, 0) is 5.56 Å². The van der Waals surface area contributed by atoms with Crippen LogP contribution in [0.3, 0.4) is 0 Å². The second kappa shape index (κ2) is 6.27. The monoisotopic (exact) mass is 331 g/mol. The van der Waals surface area contributed by atoms with Crippen molar-refractivity contribution in [2.24, 2.45) is 5.92 Å². The Labute approximate surface area is 137 Å². The lowest BCUT2D eigenvalue weighted by atomic mass is 9.90. The maximum absolute atomic E-state index is 12.3. The first kappa shape index (κ1) is 15.9. The summed E-state index contributed by atoms with van der Waals surface area (Å²) in [5, 5.41) is -1.52. The van der Waals surface area contributed by atoms with Crippen molar-refractivity contribution in [1.82, 2.24) is 4.90 Å². The Hall–Kier alpha value is -1.96. The van der Waals surface area contributed by atoms with E-state index in [0.717, 1.165) is 5.56 Å². The molecule has 2 unspecified atom stereocenters. The smallest absolute Gasteiger partial charge is 0.378 e. The minimum Gasteiger partial charge on any atom is -0.542 e. The van der Waals surface area contributed by atoms with Crippen molar-refractivity contribution in [3.8, 4) is 0 Å². The minimum absolute atomic E-state index is 0.0328. The maximum Gasteiger partial charge on any atom is 0.378 e. The number of carbonyl (C=O) groups excluding carboxylic acids is 3. The number of fused-ring (bicyclic) bond motifs is 1. The van der Waals surface area contributed by atoms with Crippen LogP contribution in [0.1, 0.15) is 12.0 Å². The quantitative estimate of drug-likeness (QED) is 0.548. The zero-order chi connectivity index (χ0) is 16.6. The van der Waals surface area contributed by atoms with Gasteiger partial charge < -0.3 is 9.55 Å². The van der Waals surface area contributed by atoms with Crippen LogP contribution in [0.5, 0.6) is 0 Å². The molecule has 3 rings (SSSR count). The zero-order valence-corrected chi connectivity index (χ0v) is 13.0. The molecular weight excluding hydrogens is 317 g/mol. The lowest BCUT2D eigenvalue weighted by Crippen LogP contribution is -2.59. The number of hydrogen-bond donors (Lipinski definition) is 0. The highest BCUT2D eigenvalue weighted by Crippen LogP contribution is 2.39. The molecule has 2 radical (unpaired) electrons. The van der Waals surface area contributed by atoms with E-state index in [-0.39, 0.29) is 31.1 Å². The Morgan fingerprint density at radius 2 is 2.00 bits per heavy atom. The molecule has 1 aromatic rings. The first-order chi connectivity index (χ1) is 11.0. The van der Waals surface area contributed by atoms with E-state index in [1.807, 2.05) is 30.3 Å². The van der Waals surface area contributed by atoms with E-state index >= 15 is 0 Å². The third-order valence-electron chi connectivity index (χ3n) is 4.20. The minimum atomic E-state index is -1.59. The van der Waals surface area contributed by atoms with E-state index in [2.05, 4.69) is 4.65 Å². The van der Waals surface area contributed by atoms with Gasteiger partial charge in [0.25, 0.3) is 0 Å². The summed E-state index contributed by atoms with van der Waals surface area (Å²) in [6, 6.07) is 9.23. The highest BCUT2D eigenvalue weighted by Gasteiger charge is 2.59. The van der Waals surface area contributed by atoms with Gasteiger partial charge >= 0.3 is 14.0 Å². The fraction of sp³-hybridized carbons (Fsp3) is 0.400. The van der Waals surface area contributed by atoms with Crippen molar-refractivity contribution in [3.05, 3.63) is 35.9 Å². The van der Waals surface area contributed by atoms with Crippen LogP contribution in [0.15, 0.2) is 30.3 Å². The number of hydrogen-bond acceptors (Lipinski definition) is 5. The van der Waals surface area contributed by atoms with E-state index in [1.165, 1.54) is 4.90 Å². The molecule has 0 saturated carbocycles. The molecule has 2 aliphatic heterocycles. The van der Waals surface area contributed by atoms with Crippen LogP contribution in [-0.4, -0.2) is 52.0 Å². The molecule has 0 aliphatic carbocycles. The van der Waals surface area contributed by atoms with Crippen LogP contribution in [0.2, 0.25) is 0 Å². The lowest BCUT2D eigenvalue weighted by Gasteiger charge is -2.40. The number of β-lactam (4-membered cyclic amide) rings is 1. The molecule has 6 nitrogen and oxygen atoms in total. The second-order valence-electron chi connectivity index (χ2n) is 5.65. The molecule has 2 fully saturated rings.